The van der Waals surface area contributed by atoms with E-state index in [4.69, 9.17) is 4.74 Å². The molecule has 0 aromatic rings. The fourth-order valence-electron chi connectivity index (χ4n) is 1.80. The lowest BCUT2D eigenvalue weighted by molar-refractivity contribution is 0.0131. The number of rotatable bonds is 2. The van der Waals surface area contributed by atoms with Crippen LogP contribution in [0.2, 0.25) is 0 Å². The van der Waals surface area contributed by atoms with Crippen LogP contribution in [0.25, 0.3) is 0 Å². The van der Waals surface area contributed by atoms with Crippen LogP contribution in [0.3, 0.4) is 0 Å². The molecule has 0 N–H and O–H groups in total. The first-order valence-electron chi connectivity index (χ1n) is 6.12. The van der Waals surface area contributed by atoms with Crippen molar-refractivity contribution in [3.63, 3.8) is 0 Å². The molecular formula is C12H23FN2O2. The number of alkyl halides is 1. The number of hydrogen-bond acceptors (Lipinski definition) is 3. The maximum atomic E-state index is 12.8. The molecule has 0 radical (unpaired) electrons. The molecule has 0 aromatic heterocycles. The van der Waals surface area contributed by atoms with E-state index in [2.05, 4.69) is 0 Å². The van der Waals surface area contributed by atoms with Gasteiger partial charge >= 0.3 is 6.09 Å². The van der Waals surface area contributed by atoms with Crippen LogP contribution in [0.4, 0.5) is 9.18 Å². The Labute approximate surface area is 103 Å². The van der Waals surface area contributed by atoms with Gasteiger partial charge in [-0.1, -0.05) is 0 Å². The Balaban J connectivity index is 2.34. The fraction of sp³-hybridized carbons (Fsp3) is 0.917. The zero-order chi connectivity index (χ0) is 13.1. The average molecular weight is 246 g/mol. The van der Waals surface area contributed by atoms with Gasteiger partial charge in [0.2, 0.25) is 0 Å². The summed E-state index contributed by atoms with van der Waals surface area (Å²) in [7, 11) is 0. The Morgan fingerprint density at radius 2 is 1.82 bits per heavy atom. The van der Waals surface area contributed by atoms with Crippen molar-refractivity contribution < 1.29 is 13.9 Å². The van der Waals surface area contributed by atoms with Gasteiger partial charge in [0.15, 0.2) is 0 Å². The van der Waals surface area contributed by atoms with Crippen molar-refractivity contribution in [1.82, 2.24) is 9.80 Å². The van der Waals surface area contributed by atoms with Crippen molar-refractivity contribution in [2.24, 2.45) is 0 Å². The molecule has 4 nitrogen and oxygen atoms in total. The highest BCUT2D eigenvalue weighted by molar-refractivity contribution is 5.68. The first-order chi connectivity index (χ1) is 7.78. The van der Waals surface area contributed by atoms with Gasteiger partial charge in [-0.2, -0.15) is 0 Å². The van der Waals surface area contributed by atoms with Gasteiger partial charge in [-0.3, -0.25) is 4.90 Å². The molecule has 1 aliphatic rings. The minimum absolute atomic E-state index is 0.273. The third-order valence-corrected chi connectivity index (χ3v) is 2.53. The van der Waals surface area contributed by atoms with E-state index < -0.39 is 11.8 Å². The SMILES string of the molecule is CC(F)CN1CCN(C(=O)OC(C)(C)C)CC1. The maximum absolute atomic E-state index is 12.8. The Morgan fingerprint density at radius 1 is 1.29 bits per heavy atom. The average Bonchev–Trinajstić information content (AvgIpc) is 2.15. The predicted octanol–water partition coefficient (Wildman–Crippen LogP) is 1.90. The summed E-state index contributed by atoms with van der Waals surface area (Å²) in [4.78, 5) is 15.5. The molecule has 1 heterocycles. The van der Waals surface area contributed by atoms with Gasteiger partial charge in [0.25, 0.3) is 0 Å². The molecule has 1 atom stereocenters. The van der Waals surface area contributed by atoms with Crippen LogP contribution in [0.1, 0.15) is 27.7 Å². The summed E-state index contributed by atoms with van der Waals surface area (Å²) < 4.78 is 18.1. The molecule has 0 spiro atoms. The number of carbonyl (C=O) groups is 1. The molecule has 1 amide bonds. The Morgan fingerprint density at radius 3 is 2.24 bits per heavy atom. The van der Waals surface area contributed by atoms with Crippen molar-refractivity contribution >= 4 is 6.09 Å². The highest BCUT2D eigenvalue weighted by atomic mass is 19.1. The van der Waals surface area contributed by atoms with Crippen molar-refractivity contribution in [2.45, 2.75) is 39.5 Å². The summed E-state index contributed by atoms with van der Waals surface area (Å²) in [5.41, 5.74) is -0.457. The lowest BCUT2D eigenvalue weighted by Gasteiger charge is -2.35. The van der Waals surface area contributed by atoms with Gasteiger partial charge in [-0.15, -0.1) is 0 Å². The lowest BCUT2D eigenvalue weighted by atomic mass is 10.2. The smallest absolute Gasteiger partial charge is 0.410 e. The molecule has 0 aliphatic carbocycles. The Bertz CT molecular complexity index is 256. The third kappa shape index (κ3) is 5.35. The molecule has 0 bridgehead atoms. The van der Waals surface area contributed by atoms with E-state index in [0.29, 0.717) is 32.7 Å². The molecule has 1 aliphatic heterocycles. The number of hydrogen-bond donors (Lipinski definition) is 0. The second-order valence-corrected chi connectivity index (χ2v) is 5.55. The van der Waals surface area contributed by atoms with E-state index in [1.54, 1.807) is 11.8 Å². The number of halogens is 1. The molecule has 17 heavy (non-hydrogen) atoms. The number of amides is 1. The van der Waals surface area contributed by atoms with Gasteiger partial charge in [0.1, 0.15) is 11.8 Å². The summed E-state index contributed by atoms with van der Waals surface area (Å²) in [6.07, 6.45) is -1.09. The first kappa shape index (κ1) is 14.2. The predicted molar refractivity (Wildman–Crippen MR) is 64.8 cm³/mol. The van der Waals surface area contributed by atoms with Crippen LogP contribution >= 0.6 is 0 Å². The normalized spacial score (nSPS) is 20.2. The quantitative estimate of drug-likeness (QED) is 0.746. The number of nitrogens with zero attached hydrogens (tertiary/aromatic N) is 2. The molecule has 1 unspecified atom stereocenters. The van der Waals surface area contributed by atoms with E-state index in [1.165, 1.54) is 0 Å². The van der Waals surface area contributed by atoms with Crippen LogP contribution in [-0.2, 0) is 4.74 Å². The molecule has 1 saturated heterocycles. The molecule has 100 valence electrons. The van der Waals surface area contributed by atoms with E-state index in [0.717, 1.165) is 0 Å². The van der Waals surface area contributed by atoms with Crippen molar-refractivity contribution in [2.75, 3.05) is 32.7 Å². The second kappa shape index (κ2) is 5.67. The molecule has 0 aromatic carbocycles. The molecule has 5 heteroatoms. The standard InChI is InChI=1S/C12H23FN2O2/c1-10(13)9-14-5-7-15(8-6-14)11(16)17-12(2,3)4/h10H,5-9H2,1-4H3. The van der Waals surface area contributed by atoms with Crippen LogP contribution in [0.15, 0.2) is 0 Å². The van der Waals surface area contributed by atoms with Gasteiger partial charge in [0, 0.05) is 32.7 Å². The van der Waals surface area contributed by atoms with E-state index in [1.807, 2.05) is 25.7 Å². The van der Waals surface area contributed by atoms with Crippen molar-refractivity contribution in [3.05, 3.63) is 0 Å². The van der Waals surface area contributed by atoms with Crippen LogP contribution in [0.5, 0.6) is 0 Å². The number of piperazine rings is 1. The molecule has 0 saturated carbocycles. The minimum atomic E-state index is -0.817. The molecule has 1 rings (SSSR count). The van der Waals surface area contributed by atoms with Gasteiger partial charge in [-0.25, -0.2) is 9.18 Å². The largest absolute Gasteiger partial charge is 0.444 e. The summed E-state index contributed by atoms with van der Waals surface area (Å²) >= 11 is 0. The second-order valence-electron chi connectivity index (χ2n) is 5.55. The summed E-state index contributed by atoms with van der Waals surface area (Å²) in [6.45, 7) is 10.2. The van der Waals surface area contributed by atoms with Gasteiger partial charge in [0.05, 0.1) is 0 Å². The number of ether oxygens (including phenoxy) is 1. The van der Waals surface area contributed by atoms with E-state index >= 15 is 0 Å². The van der Waals surface area contributed by atoms with Gasteiger partial charge in [-0.05, 0) is 27.7 Å². The molecule has 1 fully saturated rings. The monoisotopic (exact) mass is 246 g/mol. The fourth-order valence-corrected chi connectivity index (χ4v) is 1.80. The maximum Gasteiger partial charge on any atom is 0.410 e. The minimum Gasteiger partial charge on any atom is -0.444 e. The summed E-state index contributed by atoms with van der Waals surface area (Å²) in [5.74, 6) is 0. The lowest BCUT2D eigenvalue weighted by Crippen LogP contribution is -2.50. The first-order valence-corrected chi connectivity index (χ1v) is 6.12. The van der Waals surface area contributed by atoms with Crippen LogP contribution < -0.4 is 0 Å². The third-order valence-electron chi connectivity index (χ3n) is 2.53. The summed E-state index contributed by atoms with van der Waals surface area (Å²) in [5, 5.41) is 0. The van der Waals surface area contributed by atoms with Gasteiger partial charge < -0.3 is 9.64 Å². The molecular weight excluding hydrogens is 223 g/mol. The number of carbonyl (C=O) groups excluding carboxylic acids is 1. The topological polar surface area (TPSA) is 32.8 Å². The zero-order valence-corrected chi connectivity index (χ0v) is 11.2. The summed E-state index contributed by atoms with van der Waals surface area (Å²) in [6, 6.07) is 0. The highest BCUT2D eigenvalue weighted by Crippen LogP contribution is 2.12. The highest BCUT2D eigenvalue weighted by Gasteiger charge is 2.26. The van der Waals surface area contributed by atoms with Crippen molar-refractivity contribution in [3.8, 4) is 0 Å². The van der Waals surface area contributed by atoms with E-state index in [9.17, 15) is 9.18 Å². The van der Waals surface area contributed by atoms with Crippen LogP contribution in [0, 0.1) is 0 Å². The van der Waals surface area contributed by atoms with E-state index in [-0.39, 0.29) is 6.09 Å². The zero-order valence-electron chi connectivity index (χ0n) is 11.2. The Hall–Kier alpha value is -0.840. The van der Waals surface area contributed by atoms with Crippen molar-refractivity contribution in [1.29, 1.82) is 0 Å². The van der Waals surface area contributed by atoms with Crippen LogP contribution in [-0.4, -0.2) is 60.4 Å². The Kier molecular flexibility index (Phi) is 4.74.